The van der Waals surface area contributed by atoms with Crippen molar-refractivity contribution in [3.05, 3.63) is 0 Å². The van der Waals surface area contributed by atoms with Gasteiger partial charge in [0.25, 0.3) is 0 Å². The van der Waals surface area contributed by atoms with Gasteiger partial charge in [-0.15, -0.1) is 0 Å². The number of hydrogen-bond donors (Lipinski definition) is 11. The number of rotatable bonds is 2. The van der Waals surface area contributed by atoms with Crippen molar-refractivity contribution in [3.8, 4) is 0 Å². The van der Waals surface area contributed by atoms with Crippen LogP contribution in [0.25, 0.3) is 0 Å². The van der Waals surface area contributed by atoms with Crippen molar-refractivity contribution in [3.63, 3.8) is 0 Å². The first-order valence-corrected chi connectivity index (χ1v) is 7.36. The lowest BCUT2D eigenvalue weighted by atomic mass is 9.94. The summed E-state index contributed by atoms with van der Waals surface area (Å²) in [5, 5.41) is 81.4. The van der Waals surface area contributed by atoms with Crippen molar-refractivity contribution in [2.75, 3.05) is 13.2 Å². The van der Waals surface area contributed by atoms with Crippen molar-refractivity contribution in [2.24, 2.45) is 11.5 Å². The van der Waals surface area contributed by atoms with E-state index >= 15 is 0 Å². The van der Waals surface area contributed by atoms with E-state index in [4.69, 9.17) is 36.6 Å². The summed E-state index contributed by atoms with van der Waals surface area (Å²) < 4.78 is 9.25. The molecule has 2 heterocycles. The first-order valence-electron chi connectivity index (χ1n) is 7.36. The molecule has 0 spiro atoms. The fourth-order valence-corrected chi connectivity index (χ4v) is 2.25. The molecule has 10 atom stereocenters. The maximum atomic E-state index is 9.21. The zero-order chi connectivity index (χ0) is 19.5. The van der Waals surface area contributed by atoms with Crippen LogP contribution in [0, 0.1) is 0 Å². The highest BCUT2D eigenvalue weighted by atomic mass is 16.6. The van der Waals surface area contributed by atoms with Crippen LogP contribution in [-0.2, 0) is 9.47 Å². The highest BCUT2D eigenvalue weighted by molar-refractivity contribution is 4.96. The zero-order valence-corrected chi connectivity index (χ0v) is 13.1. The summed E-state index contributed by atoms with van der Waals surface area (Å²) in [6.45, 7) is -1.06. The Labute approximate surface area is 142 Å². The molecule has 13 N–H and O–H groups in total. The molecule has 0 aliphatic carbocycles. The molecule has 25 heavy (non-hydrogen) atoms. The molecule has 13 heteroatoms. The van der Waals surface area contributed by atoms with Crippen molar-refractivity contribution in [1.29, 1.82) is 0 Å². The minimum absolute atomic E-state index is 0.470. The second kappa shape index (κ2) is 8.92. The minimum Gasteiger partial charge on any atom is -0.394 e. The Morgan fingerprint density at radius 3 is 1.76 bits per heavy atom. The molecule has 0 amide bonds. The zero-order valence-electron chi connectivity index (χ0n) is 13.1. The Balaban J connectivity index is 0.000000251. The van der Waals surface area contributed by atoms with Gasteiger partial charge in [-0.25, -0.2) is 0 Å². The summed E-state index contributed by atoms with van der Waals surface area (Å²) >= 11 is 0. The molecule has 0 saturated carbocycles. The average Bonchev–Trinajstić information content (AvgIpc) is 2.58. The number of nitrogens with two attached hydrogens (primary N) is 2. The van der Waals surface area contributed by atoms with E-state index < -0.39 is 74.2 Å². The van der Waals surface area contributed by atoms with Gasteiger partial charge < -0.3 is 61.2 Å². The van der Waals surface area contributed by atoms with Crippen molar-refractivity contribution >= 4 is 0 Å². The van der Waals surface area contributed by atoms with Gasteiger partial charge in [0.1, 0.15) is 36.6 Å². The summed E-state index contributed by atoms with van der Waals surface area (Å²) in [6, 6.07) is -1.04. The molecule has 0 aromatic rings. The largest absolute Gasteiger partial charge is 0.394 e. The third kappa shape index (κ3) is 4.81. The maximum Gasteiger partial charge on any atom is 0.200 e. The molecule has 2 aliphatic heterocycles. The monoisotopic (exact) mass is 374 g/mol. The lowest BCUT2D eigenvalue weighted by Gasteiger charge is -2.43. The van der Waals surface area contributed by atoms with E-state index in [9.17, 15) is 25.5 Å². The molecule has 2 rings (SSSR count). The van der Waals surface area contributed by atoms with Crippen LogP contribution in [0.1, 0.15) is 0 Å². The molecule has 1 unspecified atom stereocenters. The highest BCUT2D eigenvalue weighted by Gasteiger charge is 2.51. The van der Waals surface area contributed by atoms with Crippen LogP contribution < -0.4 is 11.5 Å². The lowest BCUT2D eigenvalue weighted by Crippen LogP contribution is -2.70. The fourth-order valence-electron chi connectivity index (χ4n) is 2.25. The van der Waals surface area contributed by atoms with Gasteiger partial charge in [-0.05, 0) is 0 Å². The molecule has 0 radical (unpaired) electrons. The molecule has 2 aliphatic rings. The van der Waals surface area contributed by atoms with Crippen LogP contribution in [0.15, 0.2) is 0 Å². The Bertz CT molecular complexity index is 410. The number of aliphatic hydroxyl groups excluding tert-OH is 8. The minimum atomic E-state index is -2.43. The topological polar surface area (TPSA) is 253 Å². The molecule has 150 valence electrons. The van der Waals surface area contributed by atoms with Crippen LogP contribution in [0.3, 0.4) is 0 Å². The predicted molar refractivity (Wildman–Crippen MR) is 77.1 cm³/mol. The SMILES string of the molecule is N[C@H]1C(O)O[C@H](CO)[C@@H](O)[C@@H]1O.N[C@]1(O)[C@H](O)O[C@H](CO)[C@@H](O)[C@@H]1O. The Morgan fingerprint density at radius 1 is 0.800 bits per heavy atom. The Kier molecular flexibility index (Phi) is 8.03. The number of aliphatic hydroxyl groups is 9. The molecular weight excluding hydrogens is 348 g/mol. The van der Waals surface area contributed by atoms with Gasteiger partial charge in [0.05, 0.1) is 19.3 Å². The van der Waals surface area contributed by atoms with Gasteiger partial charge in [-0.1, -0.05) is 0 Å². The smallest absolute Gasteiger partial charge is 0.200 e. The number of hydrogen-bond acceptors (Lipinski definition) is 13. The second-order valence-corrected chi connectivity index (χ2v) is 5.84. The molecular formula is C12H26N2O11. The third-order valence-electron chi connectivity index (χ3n) is 4.01. The fraction of sp³-hybridized carbons (Fsp3) is 1.00. The first kappa shape index (κ1) is 22.5. The average molecular weight is 374 g/mol. The summed E-state index contributed by atoms with van der Waals surface area (Å²) in [5.41, 5.74) is 7.90. The van der Waals surface area contributed by atoms with E-state index in [1.165, 1.54) is 0 Å². The molecule has 13 nitrogen and oxygen atoms in total. The lowest BCUT2D eigenvalue weighted by molar-refractivity contribution is -0.327. The Hall–Kier alpha value is -0.520. The molecule has 2 saturated heterocycles. The first-order chi connectivity index (χ1) is 11.5. The quantitative estimate of drug-likeness (QED) is 0.201. The Morgan fingerprint density at radius 2 is 1.28 bits per heavy atom. The molecule has 0 bridgehead atoms. The highest BCUT2D eigenvalue weighted by Crippen LogP contribution is 2.24. The van der Waals surface area contributed by atoms with Crippen molar-refractivity contribution in [1.82, 2.24) is 0 Å². The van der Waals surface area contributed by atoms with Gasteiger partial charge in [-0.3, -0.25) is 5.73 Å². The van der Waals surface area contributed by atoms with E-state index in [1.54, 1.807) is 0 Å². The van der Waals surface area contributed by atoms with Gasteiger partial charge in [0.15, 0.2) is 12.0 Å². The van der Waals surface area contributed by atoms with E-state index in [2.05, 4.69) is 4.74 Å². The van der Waals surface area contributed by atoms with Crippen LogP contribution in [0.5, 0.6) is 0 Å². The summed E-state index contributed by atoms with van der Waals surface area (Å²) in [7, 11) is 0. The maximum absolute atomic E-state index is 9.21. The normalized spacial score (nSPS) is 50.8. The van der Waals surface area contributed by atoms with E-state index in [0.717, 1.165) is 0 Å². The van der Waals surface area contributed by atoms with Crippen LogP contribution in [-0.4, -0.2) is 120 Å². The summed E-state index contributed by atoms with van der Waals surface area (Å²) in [6.07, 6.45) is -11.2. The molecule has 0 aromatic carbocycles. The second-order valence-electron chi connectivity index (χ2n) is 5.84. The summed E-state index contributed by atoms with van der Waals surface area (Å²) in [5.74, 6) is 0. The van der Waals surface area contributed by atoms with Gasteiger partial charge in [-0.2, -0.15) is 0 Å². The van der Waals surface area contributed by atoms with E-state index in [-0.39, 0.29) is 0 Å². The summed E-state index contributed by atoms with van der Waals surface area (Å²) in [4.78, 5) is 0. The standard InChI is InChI=1S/C6H13NO6.C6H13NO5/c7-6(12)4(10)3(9)2(1-8)13-5(6)11;7-3-5(10)4(9)2(1-8)12-6(3)11/h2-5,8-12H,1,7H2;2-6,8-11H,1,7H2/t2-,3-,4+,5-,6-;2-,3-,4-,5-,6?/m11/s1. The van der Waals surface area contributed by atoms with Gasteiger partial charge >= 0.3 is 0 Å². The van der Waals surface area contributed by atoms with Gasteiger partial charge in [0, 0.05) is 0 Å². The third-order valence-corrected chi connectivity index (χ3v) is 4.01. The van der Waals surface area contributed by atoms with Crippen LogP contribution >= 0.6 is 0 Å². The van der Waals surface area contributed by atoms with E-state index in [1.807, 2.05) is 0 Å². The van der Waals surface area contributed by atoms with E-state index in [0.29, 0.717) is 0 Å². The van der Waals surface area contributed by atoms with Crippen molar-refractivity contribution < 1.29 is 55.4 Å². The molecule has 0 aromatic heterocycles. The van der Waals surface area contributed by atoms with Crippen molar-refractivity contribution in [2.45, 2.75) is 61.0 Å². The van der Waals surface area contributed by atoms with Crippen LogP contribution in [0.2, 0.25) is 0 Å². The van der Waals surface area contributed by atoms with Gasteiger partial charge in [0.2, 0.25) is 6.29 Å². The van der Waals surface area contributed by atoms with Crippen LogP contribution in [0.4, 0.5) is 0 Å². The predicted octanol–water partition coefficient (Wildman–Crippen LogP) is -7.19. The number of ether oxygens (including phenoxy) is 2. The molecule has 2 fully saturated rings.